The molecule has 0 spiro atoms. The van der Waals surface area contributed by atoms with E-state index in [1.54, 1.807) is 28.4 Å². The first-order valence-electron chi connectivity index (χ1n) is 14.6. The summed E-state index contributed by atoms with van der Waals surface area (Å²) >= 11 is 0. The van der Waals surface area contributed by atoms with Crippen molar-refractivity contribution in [2.75, 3.05) is 28.4 Å². The summed E-state index contributed by atoms with van der Waals surface area (Å²) in [6.07, 6.45) is 4.08. The quantitative estimate of drug-likeness (QED) is 0.193. The van der Waals surface area contributed by atoms with Gasteiger partial charge < -0.3 is 23.7 Å². The number of methoxy groups -OCH3 is 4. The Bertz CT molecular complexity index is 1960. The Hall–Kier alpha value is -5.04. The first-order chi connectivity index (χ1) is 21.7. The highest BCUT2D eigenvalue weighted by Gasteiger charge is 2.46. The van der Waals surface area contributed by atoms with Crippen LogP contribution in [0.25, 0.3) is 28.0 Å². The molecule has 1 aliphatic heterocycles. The highest BCUT2D eigenvalue weighted by Crippen LogP contribution is 2.59. The van der Waals surface area contributed by atoms with Crippen LogP contribution in [-0.2, 0) is 11.0 Å². The number of hydrogen-bond acceptors (Lipinski definition) is 5. The Morgan fingerprint density at radius 1 is 0.644 bits per heavy atom. The Labute approximate surface area is 260 Å². The lowest BCUT2D eigenvalue weighted by molar-refractivity contribution is 0.163. The number of halogens is 2. The van der Waals surface area contributed by atoms with E-state index in [0.29, 0.717) is 28.4 Å². The van der Waals surface area contributed by atoms with Crippen LogP contribution in [0.5, 0.6) is 28.7 Å². The van der Waals surface area contributed by atoms with Crippen molar-refractivity contribution in [3.05, 3.63) is 118 Å². The summed E-state index contributed by atoms with van der Waals surface area (Å²) in [6.45, 7) is 3.93. The summed E-state index contributed by atoms with van der Waals surface area (Å²) in [6, 6.07) is 21.6. The monoisotopic (exact) mass is 606 g/mol. The molecule has 1 heterocycles. The summed E-state index contributed by atoms with van der Waals surface area (Å²) < 4.78 is 60.1. The number of ether oxygens (including phenoxy) is 5. The van der Waals surface area contributed by atoms with Crippen LogP contribution in [-0.4, -0.2) is 28.4 Å². The second kappa shape index (κ2) is 10.3. The van der Waals surface area contributed by atoms with Gasteiger partial charge in [-0.2, -0.15) is 0 Å². The molecule has 45 heavy (non-hydrogen) atoms. The van der Waals surface area contributed by atoms with Gasteiger partial charge in [0.1, 0.15) is 28.9 Å². The van der Waals surface area contributed by atoms with Gasteiger partial charge in [-0.15, -0.1) is 0 Å². The first kappa shape index (κ1) is 28.7. The van der Waals surface area contributed by atoms with Gasteiger partial charge in [0, 0.05) is 39.1 Å². The summed E-state index contributed by atoms with van der Waals surface area (Å²) in [5.41, 5.74) is 3.25. The zero-order valence-corrected chi connectivity index (χ0v) is 25.9. The van der Waals surface area contributed by atoms with Crippen molar-refractivity contribution in [2.24, 2.45) is 0 Å². The molecular formula is C38H32F2O5. The fraction of sp³-hybridized carbons (Fsp3) is 0.211. The molecular weight excluding hydrogens is 574 g/mol. The molecule has 5 aromatic rings. The van der Waals surface area contributed by atoms with Gasteiger partial charge in [0.25, 0.3) is 0 Å². The predicted molar refractivity (Wildman–Crippen MR) is 171 cm³/mol. The Morgan fingerprint density at radius 2 is 1.20 bits per heavy atom. The lowest BCUT2D eigenvalue weighted by Crippen LogP contribution is -2.35. The van der Waals surface area contributed by atoms with Crippen LogP contribution in [0, 0.1) is 11.6 Å². The molecule has 7 heteroatoms. The minimum absolute atomic E-state index is 0.443. The minimum Gasteiger partial charge on any atom is -0.497 e. The van der Waals surface area contributed by atoms with Gasteiger partial charge in [-0.05, 0) is 70.6 Å². The first-order valence-corrected chi connectivity index (χ1v) is 14.6. The van der Waals surface area contributed by atoms with Crippen LogP contribution < -0.4 is 23.7 Å². The molecule has 0 amide bonds. The molecule has 1 aliphatic carbocycles. The van der Waals surface area contributed by atoms with Crippen molar-refractivity contribution in [1.29, 1.82) is 0 Å². The summed E-state index contributed by atoms with van der Waals surface area (Å²) in [7, 11) is 6.40. The van der Waals surface area contributed by atoms with Crippen LogP contribution in [0.3, 0.4) is 0 Å². The van der Waals surface area contributed by atoms with Crippen molar-refractivity contribution in [3.63, 3.8) is 0 Å². The van der Waals surface area contributed by atoms with Crippen LogP contribution in [0.1, 0.15) is 41.7 Å². The molecule has 5 aromatic carbocycles. The molecule has 0 N–H and O–H groups in total. The van der Waals surface area contributed by atoms with Gasteiger partial charge in [-0.1, -0.05) is 44.2 Å². The molecule has 0 bridgehead atoms. The fourth-order valence-electron chi connectivity index (χ4n) is 7.08. The summed E-state index contributed by atoms with van der Waals surface area (Å²) in [4.78, 5) is 0. The number of benzene rings is 5. The molecule has 228 valence electrons. The average molecular weight is 607 g/mol. The van der Waals surface area contributed by atoms with E-state index < -0.39 is 22.7 Å². The van der Waals surface area contributed by atoms with E-state index in [-0.39, 0.29) is 0 Å². The lowest BCUT2D eigenvalue weighted by atomic mass is 9.76. The maximum Gasteiger partial charge on any atom is 0.178 e. The third kappa shape index (κ3) is 4.10. The largest absolute Gasteiger partial charge is 0.497 e. The molecule has 0 unspecified atom stereocenters. The zero-order chi connectivity index (χ0) is 31.7. The second-order valence-electron chi connectivity index (χ2n) is 11.8. The van der Waals surface area contributed by atoms with Crippen LogP contribution in [0.4, 0.5) is 8.78 Å². The van der Waals surface area contributed by atoms with Crippen LogP contribution in [0.15, 0.2) is 78.9 Å². The van der Waals surface area contributed by atoms with Crippen molar-refractivity contribution >= 4 is 16.8 Å². The van der Waals surface area contributed by atoms with Gasteiger partial charge >= 0.3 is 0 Å². The predicted octanol–water partition coefficient (Wildman–Crippen LogP) is 8.81. The van der Waals surface area contributed by atoms with Crippen LogP contribution >= 0.6 is 0 Å². The maximum atomic E-state index is 15.6. The van der Waals surface area contributed by atoms with Gasteiger partial charge in [-0.3, -0.25) is 0 Å². The Morgan fingerprint density at radius 3 is 1.73 bits per heavy atom. The lowest BCUT2D eigenvalue weighted by Gasteiger charge is -2.38. The maximum absolute atomic E-state index is 15.6. The molecule has 0 saturated heterocycles. The molecule has 0 atom stereocenters. The Balaban J connectivity index is 1.59. The molecule has 0 saturated carbocycles. The third-order valence-corrected chi connectivity index (χ3v) is 9.16. The normalized spacial score (nSPS) is 15.1. The van der Waals surface area contributed by atoms with Crippen molar-refractivity contribution in [1.82, 2.24) is 0 Å². The van der Waals surface area contributed by atoms with Gasteiger partial charge in [0.2, 0.25) is 0 Å². The molecule has 7 rings (SSSR count). The molecule has 5 nitrogen and oxygen atoms in total. The van der Waals surface area contributed by atoms with Crippen molar-refractivity contribution < 1.29 is 32.5 Å². The van der Waals surface area contributed by atoms with Crippen molar-refractivity contribution in [2.45, 2.75) is 24.9 Å². The third-order valence-electron chi connectivity index (χ3n) is 9.16. The highest BCUT2D eigenvalue weighted by atomic mass is 19.1. The molecule has 0 fully saturated rings. The topological polar surface area (TPSA) is 46.2 Å². The van der Waals surface area contributed by atoms with E-state index >= 15 is 4.39 Å². The molecule has 0 aromatic heterocycles. The minimum atomic E-state index is -1.05. The smallest absolute Gasteiger partial charge is 0.178 e. The van der Waals surface area contributed by atoms with Gasteiger partial charge in [-0.25, -0.2) is 8.78 Å². The molecule has 2 aliphatic rings. The number of hydrogen-bond donors (Lipinski definition) is 0. The standard InChI is InChI=1S/C38H32F2O5/c1-37(2)34-29(17-23(39)18-30(34)40)33-27-19-31(43-5)32(44-6)20-28(27)36-26(35(33)37)15-16-38(45-36,21-7-11-24(41-3)12-8-21)22-9-13-25(42-4)14-10-22/h7-20H,1-6H3. The van der Waals surface area contributed by atoms with E-state index in [4.69, 9.17) is 23.7 Å². The highest BCUT2D eigenvalue weighted by molar-refractivity contribution is 6.09. The second-order valence-corrected chi connectivity index (χ2v) is 11.8. The zero-order valence-electron chi connectivity index (χ0n) is 25.9. The molecule has 0 radical (unpaired) electrons. The SMILES string of the molecule is COc1ccc(C2(c3ccc(OC)cc3)C=Cc3c4c(c5cc(OC)c(OC)cc5c3O2)-c2cc(F)cc(F)c2C4(C)C)cc1. The van der Waals surface area contributed by atoms with E-state index in [2.05, 4.69) is 0 Å². The van der Waals surface area contributed by atoms with Gasteiger partial charge in [0.05, 0.1) is 28.4 Å². The Kier molecular flexibility index (Phi) is 6.55. The van der Waals surface area contributed by atoms with Crippen LogP contribution in [0.2, 0.25) is 0 Å². The average Bonchev–Trinajstić information content (AvgIpc) is 3.30. The fourth-order valence-corrected chi connectivity index (χ4v) is 7.08. The van der Waals surface area contributed by atoms with E-state index in [1.165, 1.54) is 6.07 Å². The van der Waals surface area contributed by atoms with E-state index in [0.717, 1.165) is 56.2 Å². The summed E-state index contributed by atoms with van der Waals surface area (Å²) in [5, 5.41) is 1.47. The van der Waals surface area contributed by atoms with E-state index in [9.17, 15) is 4.39 Å². The van der Waals surface area contributed by atoms with Crippen molar-refractivity contribution in [3.8, 4) is 39.9 Å². The summed E-state index contributed by atoms with van der Waals surface area (Å²) in [5.74, 6) is 1.83. The number of fused-ring (bicyclic) bond motifs is 8. The number of rotatable bonds is 6. The van der Waals surface area contributed by atoms with Gasteiger partial charge in [0.15, 0.2) is 17.1 Å². The van der Waals surface area contributed by atoms with E-state index in [1.807, 2.05) is 86.7 Å².